The quantitative estimate of drug-likeness (QED) is 0.0289. The third kappa shape index (κ3) is 28.5. The highest BCUT2D eigenvalue weighted by Gasteiger charge is 2.25. The number of carbonyl (C=O) groups excluding carboxylic acids is 3. The van der Waals surface area contributed by atoms with Crippen LogP contribution in [0.3, 0.4) is 0 Å². The molecule has 0 aliphatic rings. The molecule has 0 radical (unpaired) electrons. The van der Waals surface area contributed by atoms with Crippen LogP contribution in [0, 0.1) is 0 Å². The number of carboxylic acids is 1. The third-order valence-corrected chi connectivity index (χ3v) is 6.88. The van der Waals surface area contributed by atoms with Crippen LogP contribution >= 0.6 is 0 Å². The summed E-state index contributed by atoms with van der Waals surface area (Å²) in [6.07, 6.45) is 39.1. The summed E-state index contributed by atoms with van der Waals surface area (Å²) in [6.45, 7) is 4.18. The highest BCUT2D eigenvalue weighted by molar-refractivity contribution is 5.71. The normalized spacial score (nSPS) is 14.3. The van der Waals surface area contributed by atoms with Gasteiger partial charge in [-0.05, 0) is 44.9 Å². The highest BCUT2D eigenvalue weighted by atomic mass is 16.6. The number of hydrogen-bond donors (Lipinski definition) is 0. The van der Waals surface area contributed by atoms with Crippen molar-refractivity contribution in [1.29, 1.82) is 0 Å². The largest absolute Gasteiger partial charge is 0.544 e. The van der Waals surface area contributed by atoms with Crippen LogP contribution in [0.25, 0.3) is 0 Å². The third-order valence-electron chi connectivity index (χ3n) is 6.88. The van der Waals surface area contributed by atoms with E-state index in [-0.39, 0.29) is 49.5 Å². The summed E-state index contributed by atoms with van der Waals surface area (Å²) in [5.74, 6) is -1.97. The lowest BCUT2D eigenvalue weighted by molar-refractivity contribution is -0.889. The maximum atomic E-state index is 12.5. The number of quaternary nitrogens is 1. The van der Waals surface area contributed by atoms with Gasteiger partial charge in [0.2, 0.25) is 0 Å². The molecular formula is C40H61NO7. The minimum absolute atomic E-state index is 0.0166. The van der Waals surface area contributed by atoms with E-state index in [1.165, 1.54) is 0 Å². The molecule has 0 bridgehead atoms. The summed E-state index contributed by atoms with van der Waals surface area (Å²) >= 11 is 0. The number of esters is 2. The van der Waals surface area contributed by atoms with E-state index < -0.39 is 24.1 Å². The SMILES string of the molecule is CC/C=C/C=C/C=C/C=C/C=C/CCCCCC(=O)OCC(COCCC(C(=O)[O-])[N+](C)(C)C)OC(=O)C/C=C/C/C=C/C/C=C/CC. The lowest BCUT2D eigenvalue weighted by Gasteiger charge is -2.34. The predicted molar refractivity (Wildman–Crippen MR) is 194 cm³/mol. The van der Waals surface area contributed by atoms with Gasteiger partial charge in [0, 0.05) is 12.8 Å². The first-order chi connectivity index (χ1) is 23.1. The summed E-state index contributed by atoms with van der Waals surface area (Å²) in [7, 11) is 5.33. The van der Waals surface area contributed by atoms with Crippen LogP contribution in [0.4, 0.5) is 0 Å². The summed E-state index contributed by atoms with van der Waals surface area (Å²) in [5.41, 5.74) is 0. The van der Waals surface area contributed by atoms with E-state index in [1.54, 1.807) is 27.2 Å². The number of carboxylic acid groups (broad SMARTS) is 1. The van der Waals surface area contributed by atoms with E-state index in [4.69, 9.17) is 14.2 Å². The Morgan fingerprint density at radius 3 is 1.85 bits per heavy atom. The summed E-state index contributed by atoms with van der Waals surface area (Å²) in [4.78, 5) is 36.4. The van der Waals surface area contributed by atoms with E-state index in [9.17, 15) is 19.5 Å². The lowest BCUT2D eigenvalue weighted by atomic mass is 10.1. The van der Waals surface area contributed by atoms with Crippen LogP contribution in [0.2, 0.25) is 0 Å². The number of nitrogens with zero attached hydrogens (tertiary/aromatic N) is 1. The van der Waals surface area contributed by atoms with E-state index >= 15 is 0 Å². The molecule has 8 heteroatoms. The van der Waals surface area contributed by atoms with Gasteiger partial charge in [-0.1, -0.05) is 117 Å². The van der Waals surface area contributed by atoms with E-state index in [2.05, 4.69) is 44.2 Å². The second-order valence-corrected chi connectivity index (χ2v) is 12.1. The molecule has 0 heterocycles. The molecule has 48 heavy (non-hydrogen) atoms. The van der Waals surface area contributed by atoms with Crippen LogP contribution in [-0.4, -0.2) is 75.5 Å². The van der Waals surface area contributed by atoms with Crippen molar-refractivity contribution >= 4 is 17.9 Å². The Hall–Kier alpha value is -3.75. The smallest absolute Gasteiger partial charge is 0.310 e. The molecule has 0 aliphatic carbocycles. The van der Waals surface area contributed by atoms with Crippen LogP contribution in [0.1, 0.15) is 84.5 Å². The standard InChI is InChI=1S/C40H61NO7/c1-6-8-10-12-14-16-17-18-19-20-21-23-24-26-28-30-38(42)47-35-36(34-46-33-32-37(40(44)45)41(3,4)5)48-39(43)31-29-27-25-22-15-13-11-9-7-2/h8-12,14-22,27,29,36-37H,6-7,13,23-26,28,30-35H2,1-5H3/b10-8+,11-9+,14-12+,17-16+,19-18+,21-20+,22-15+,29-27+. The first-order valence-electron chi connectivity index (χ1n) is 17.3. The van der Waals surface area contributed by atoms with Gasteiger partial charge in [0.15, 0.2) is 6.10 Å². The van der Waals surface area contributed by atoms with Gasteiger partial charge in [-0.3, -0.25) is 9.59 Å². The number of ether oxygens (including phenoxy) is 3. The van der Waals surface area contributed by atoms with E-state index in [0.717, 1.165) is 38.5 Å². The minimum Gasteiger partial charge on any atom is -0.544 e. The van der Waals surface area contributed by atoms with Crippen molar-refractivity contribution in [2.75, 3.05) is 41.0 Å². The number of likely N-dealkylation sites (N-methyl/N-ethyl adjacent to an activating group) is 1. The Labute approximate surface area is 290 Å². The molecule has 0 N–H and O–H groups in total. The Balaban J connectivity index is 4.64. The second-order valence-electron chi connectivity index (χ2n) is 12.1. The Morgan fingerprint density at radius 2 is 1.25 bits per heavy atom. The van der Waals surface area contributed by atoms with Gasteiger partial charge in [0.05, 0.1) is 46.7 Å². The number of carbonyl (C=O) groups is 3. The molecule has 0 fully saturated rings. The number of allylic oxidation sites excluding steroid dienone is 15. The van der Waals surface area contributed by atoms with E-state index in [1.807, 2.05) is 60.8 Å². The maximum Gasteiger partial charge on any atom is 0.310 e. The molecule has 0 amide bonds. The van der Waals surface area contributed by atoms with Gasteiger partial charge in [-0.25, -0.2) is 0 Å². The molecule has 0 spiro atoms. The van der Waals surface area contributed by atoms with Crippen molar-refractivity contribution in [2.45, 2.75) is 96.6 Å². The number of aliphatic carboxylic acids is 1. The Bertz CT molecular complexity index is 1100. The first-order valence-corrected chi connectivity index (χ1v) is 17.3. The molecular weight excluding hydrogens is 606 g/mol. The zero-order valence-corrected chi connectivity index (χ0v) is 30.1. The van der Waals surface area contributed by atoms with Crippen molar-refractivity contribution in [1.82, 2.24) is 0 Å². The van der Waals surface area contributed by atoms with Crippen LogP contribution < -0.4 is 5.11 Å². The highest BCUT2D eigenvalue weighted by Crippen LogP contribution is 2.09. The van der Waals surface area contributed by atoms with E-state index in [0.29, 0.717) is 12.8 Å². The average molecular weight is 668 g/mol. The Kier molecular flexibility index (Phi) is 28.2. The molecule has 2 unspecified atom stereocenters. The molecule has 0 rings (SSSR count). The average Bonchev–Trinajstić information content (AvgIpc) is 3.03. The fraction of sp³-hybridized carbons (Fsp3) is 0.525. The van der Waals surface area contributed by atoms with Crippen LogP contribution in [0.15, 0.2) is 97.2 Å². The van der Waals surface area contributed by atoms with Crippen LogP contribution in [0.5, 0.6) is 0 Å². The molecule has 2 atom stereocenters. The van der Waals surface area contributed by atoms with Crippen molar-refractivity contribution in [3.8, 4) is 0 Å². The molecule has 0 saturated carbocycles. The van der Waals surface area contributed by atoms with Gasteiger partial charge in [-0.2, -0.15) is 0 Å². The van der Waals surface area contributed by atoms with Crippen LogP contribution in [-0.2, 0) is 28.6 Å². The van der Waals surface area contributed by atoms with Crippen molar-refractivity contribution < 1.29 is 38.2 Å². The summed E-state index contributed by atoms with van der Waals surface area (Å²) in [5, 5.41) is 11.5. The number of rotatable bonds is 28. The monoisotopic (exact) mass is 667 g/mol. The molecule has 0 saturated heterocycles. The predicted octanol–water partition coefficient (Wildman–Crippen LogP) is 7.06. The summed E-state index contributed by atoms with van der Waals surface area (Å²) in [6, 6.07) is -0.750. The van der Waals surface area contributed by atoms with Gasteiger partial charge in [-0.15, -0.1) is 0 Å². The zero-order valence-electron chi connectivity index (χ0n) is 30.1. The molecule has 8 nitrogen and oxygen atoms in total. The molecule has 0 aromatic heterocycles. The van der Waals surface area contributed by atoms with Crippen molar-refractivity contribution in [2.24, 2.45) is 0 Å². The minimum atomic E-state index is -1.15. The molecule has 268 valence electrons. The molecule has 0 aliphatic heterocycles. The molecule has 0 aromatic carbocycles. The second kappa shape index (κ2) is 30.6. The van der Waals surface area contributed by atoms with Gasteiger partial charge in [0.1, 0.15) is 12.6 Å². The van der Waals surface area contributed by atoms with Crippen molar-refractivity contribution in [3.63, 3.8) is 0 Å². The fourth-order valence-corrected chi connectivity index (χ4v) is 4.21. The fourth-order valence-electron chi connectivity index (χ4n) is 4.21. The topological polar surface area (TPSA) is 102 Å². The number of unbranched alkanes of at least 4 members (excludes halogenated alkanes) is 3. The van der Waals surface area contributed by atoms with Gasteiger partial charge < -0.3 is 28.6 Å². The first kappa shape index (κ1) is 44.2. The number of hydrogen-bond acceptors (Lipinski definition) is 7. The van der Waals surface area contributed by atoms with Gasteiger partial charge >= 0.3 is 11.9 Å². The molecule has 0 aromatic rings. The zero-order chi connectivity index (χ0) is 35.7. The van der Waals surface area contributed by atoms with Gasteiger partial charge in [0.25, 0.3) is 0 Å². The van der Waals surface area contributed by atoms with Crippen molar-refractivity contribution in [3.05, 3.63) is 97.2 Å². The Morgan fingerprint density at radius 1 is 0.667 bits per heavy atom. The lowest BCUT2D eigenvalue weighted by Crippen LogP contribution is -2.55. The summed E-state index contributed by atoms with van der Waals surface area (Å²) < 4.78 is 16.8. The maximum absolute atomic E-state index is 12.5.